The van der Waals surface area contributed by atoms with E-state index in [1.807, 2.05) is 0 Å². The highest BCUT2D eigenvalue weighted by Crippen LogP contribution is 2.27. The van der Waals surface area contributed by atoms with E-state index in [0.717, 1.165) is 25.9 Å². The molecule has 0 spiro atoms. The third-order valence-electron chi connectivity index (χ3n) is 5.49. The largest absolute Gasteiger partial charge is 0.462 e. The van der Waals surface area contributed by atoms with E-state index < -0.39 is 6.10 Å². The van der Waals surface area contributed by atoms with Crippen LogP contribution in [0.15, 0.2) is 12.2 Å². The number of aliphatic hydroxyl groups excluding tert-OH is 1. The summed E-state index contributed by atoms with van der Waals surface area (Å²) in [6, 6.07) is 0. The van der Waals surface area contributed by atoms with Crippen molar-refractivity contribution < 1.29 is 19.4 Å². The number of hydrogen-bond acceptors (Lipinski definition) is 4. The minimum Gasteiger partial charge on any atom is -0.462 e. The Kier molecular flexibility index (Phi) is 13.5. The van der Waals surface area contributed by atoms with E-state index in [1.165, 1.54) is 57.8 Å². The second kappa shape index (κ2) is 15.1. The zero-order valence-electron chi connectivity index (χ0n) is 17.7. The Balaban J connectivity index is 1.98. The maximum atomic E-state index is 11.5. The Hall–Kier alpha value is -0.870. The third-order valence-corrected chi connectivity index (χ3v) is 5.49. The molecule has 4 nitrogen and oxygen atoms in total. The molecule has 1 aliphatic rings. The van der Waals surface area contributed by atoms with Gasteiger partial charge in [0.15, 0.2) is 0 Å². The molecule has 3 unspecified atom stereocenters. The summed E-state index contributed by atoms with van der Waals surface area (Å²) < 4.78 is 11.1. The molecule has 1 aliphatic carbocycles. The van der Waals surface area contributed by atoms with Crippen LogP contribution in [0.3, 0.4) is 0 Å². The van der Waals surface area contributed by atoms with E-state index in [9.17, 15) is 9.90 Å². The first kappa shape index (κ1) is 24.2. The predicted molar refractivity (Wildman–Crippen MR) is 111 cm³/mol. The van der Waals surface area contributed by atoms with Crippen LogP contribution < -0.4 is 0 Å². The standard InChI is InChI=1S/C23H42O4/c1-4-5-6-7-8-9-10-11-12-13-16-26-22-15-14-20(17-21(22)24)18-27-23(25)19(2)3/h20-22,24H,2,4-18H2,1,3H3. The van der Waals surface area contributed by atoms with E-state index in [1.54, 1.807) is 6.92 Å². The Labute approximate surface area is 166 Å². The molecule has 0 heterocycles. The first-order valence-electron chi connectivity index (χ1n) is 11.2. The SMILES string of the molecule is C=C(C)C(=O)OCC1CCC(OCCCCCCCCCCCC)C(O)C1. The molecule has 0 amide bonds. The fourth-order valence-electron chi connectivity index (χ4n) is 3.69. The molecule has 0 saturated heterocycles. The molecule has 1 saturated carbocycles. The fourth-order valence-corrected chi connectivity index (χ4v) is 3.69. The fraction of sp³-hybridized carbons (Fsp3) is 0.870. The van der Waals surface area contributed by atoms with E-state index >= 15 is 0 Å². The van der Waals surface area contributed by atoms with E-state index in [2.05, 4.69) is 13.5 Å². The van der Waals surface area contributed by atoms with Crippen LogP contribution in [0.5, 0.6) is 0 Å². The Morgan fingerprint density at radius 3 is 2.15 bits per heavy atom. The molecule has 4 heteroatoms. The molecule has 0 bridgehead atoms. The zero-order chi connectivity index (χ0) is 19.9. The molecule has 0 radical (unpaired) electrons. The number of ether oxygens (including phenoxy) is 2. The number of unbranched alkanes of at least 4 members (excludes halogenated alkanes) is 9. The van der Waals surface area contributed by atoms with Gasteiger partial charge >= 0.3 is 5.97 Å². The van der Waals surface area contributed by atoms with Gasteiger partial charge in [-0.05, 0) is 38.5 Å². The second-order valence-corrected chi connectivity index (χ2v) is 8.22. The number of carbonyl (C=O) groups excluding carboxylic acids is 1. The van der Waals surface area contributed by atoms with Crippen molar-refractivity contribution in [2.24, 2.45) is 5.92 Å². The normalized spacial score (nSPS) is 22.6. The summed E-state index contributed by atoms with van der Waals surface area (Å²) in [6.07, 6.45) is 15.1. The van der Waals surface area contributed by atoms with Crippen molar-refractivity contribution in [3.05, 3.63) is 12.2 Å². The van der Waals surface area contributed by atoms with Gasteiger partial charge in [0.05, 0.1) is 18.8 Å². The average molecular weight is 383 g/mol. The van der Waals surface area contributed by atoms with Gasteiger partial charge in [0, 0.05) is 12.2 Å². The highest BCUT2D eigenvalue weighted by Gasteiger charge is 2.30. The van der Waals surface area contributed by atoms with Crippen molar-refractivity contribution in [2.75, 3.05) is 13.2 Å². The maximum absolute atomic E-state index is 11.5. The highest BCUT2D eigenvalue weighted by molar-refractivity contribution is 5.86. The van der Waals surface area contributed by atoms with Gasteiger partial charge in [-0.2, -0.15) is 0 Å². The van der Waals surface area contributed by atoms with Gasteiger partial charge < -0.3 is 14.6 Å². The number of hydrogen-bond donors (Lipinski definition) is 1. The molecule has 1 rings (SSSR count). The smallest absolute Gasteiger partial charge is 0.333 e. The molecule has 0 aliphatic heterocycles. The lowest BCUT2D eigenvalue weighted by Crippen LogP contribution is -2.37. The van der Waals surface area contributed by atoms with Gasteiger partial charge in [0.1, 0.15) is 0 Å². The molecule has 27 heavy (non-hydrogen) atoms. The molecule has 3 atom stereocenters. The maximum Gasteiger partial charge on any atom is 0.333 e. The van der Waals surface area contributed by atoms with E-state index in [4.69, 9.17) is 9.47 Å². The lowest BCUT2D eigenvalue weighted by Gasteiger charge is -2.32. The molecule has 0 aromatic carbocycles. The Morgan fingerprint density at radius 1 is 1.00 bits per heavy atom. The number of aliphatic hydroxyl groups is 1. The summed E-state index contributed by atoms with van der Waals surface area (Å²) in [5.74, 6) is -0.121. The van der Waals surface area contributed by atoms with Crippen LogP contribution in [-0.4, -0.2) is 36.5 Å². The summed E-state index contributed by atoms with van der Waals surface area (Å²) in [7, 11) is 0. The summed E-state index contributed by atoms with van der Waals surface area (Å²) in [5, 5.41) is 10.3. The zero-order valence-corrected chi connectivity index (χ0v) is 17.7. The van der Waals surface area contributed by atoms with Crippen molar-refractivity contribution in [1.29, 1.82) is 0 Å². The van der Waals surface area contributed by atoms with Crippen LogP contribution in [0.2, 0.25) is 0 Å². The van der Waals surface area contributed by atoms with Crippen LogP contribution in [0.25, 0.3) is 0 Å². The quantitative estimate of drug-likeness (QED) is 0.228. The first-order valence-corrected chi connectivity index (χ1v) is 11.2. The van der Waals surface area contributed by atoms with Crippen LogP contribution >= 0.6 is 0 Å². The monoisotopic (exact) mass is 382 g/mol. The van der Waals surface area contributed by atoms with Gasteiger partial charge in [-0.1, -0.05) is 71.3 Å². The Bertz CT molecular complexity index is 407. The summed E-state index contributed by atoms with van der Waals surface area (Å²) in [6.45, 7) is 8.60. The van der Waals surface area contributed by atoms with Crippen LogP contribution in [0.1, 0.15) is 97.3 Å². The van der Waals surface area contributed by atoms with Crippen LogP contribution in [-0.2, 0) is 14.3 Å². The van der Waals surface area contributed by atoms with Gasteiger partial charge in [-0.15, -0.1) is 0 Å². The van der Waals surface area contributed by atoms with Gasteiger partial charge in [0.25, 0.3) is 0 Å². The van der Waals surface area contributed by atoms with Crippen LogP contribution in [0, 0.1) is 5.92 Å². The lowest BCUT2D eigenvalue weighted by atomic mass is 9.86. The van der Waals surface area contributed by atoms with Crippen molar-refractivity contribution in [3.63, 3.8) is 0 Å². The summed E-state index contributed by atoms with van der Waals surface area (Å²) >= 11 is 0. The predicted octanol–water partition coefficient (Wildman–Crippen LogP) is 5.57. The van der Waals surface area contributed by atoms with E-state index in [-0.39, 0.29) is 18.0 Å². The van der Waals surface area contributed by atoms with Crippen molar-refractivity contribution in [1.82, 2.24) is 0 Å². The summed E-state index contributed by atoms with van der Waals surface area (Å²) in [4.78, 5) is 11.5. The van der Waals surface area contributed by atoms with Gasteiger partial charge in [-0.3, -0.25) is 0 Å². The van der Waals surface area contributed by atoms with Crippen molar-refractivity contribution in [3.8, 4) is 0 Å². The lowest BCUT2D eigenvalue weighted by molar-refractivity contribution is -0.142. The summed E-state index contributed by atoms with van der Waals surface area (Å²) in [5.41, 5.74) is 0.420. The molecule has 158 valence electrons. The molecule has 1 fully saturated rings. The van der Waals surface area contributed by atoms with Crippen molar-refractivity contribution >= 4 is 5.97 Å². The van der Waals surface area contributed by atoms with Gasteiger partial charge in [0.2, 0.25) is 0 Å². The molecular weight excluding hydrogens is 340 g/mol. The second-order valence-electron chi connectivity index (χ2n) is 8.22. The van der Waals surface area contributed by atoms with Crippen LogP contribution in [0.4, 0.5) is 0 Å². The average Bonchev–Trinajstić information content (AvgIpc) is 2.65. The first-order chi connectivity index (χ1) is 13.0. The topological polar surface area (TPSA) is 55.8 Å². The molecule has 0 aromatic rings. The number of esters is 1. The minimum absolute atomic E-state index is 0.0587. The molecule has 0 aromatic heterocycles. The minimum atomic E-state index is -0.449. The van der Waals surface area contributed by atoms with E-state index in [0.29, 0.717) is 18.6 Å². The molecule has 1 N–H and O–H groups in total. The Morgan fingerprint density at radius 2 is 1.59 bits per heavy atom. The third kappa shape index (κ3) is 11.5. The molecular formula is C23H42O4. The number of carbonyl (C=O) groups is 1. The highest BCUT2D eigenvalue weighted by atomic mass is 16.5. The van der Waals surface area contributed by atoms with Crippen molar-refractivity contribution in [2.45, 2.75) is 110 Å². The number of rotatable bonds is 15. The van der Waals surface area contributed by atoms with Gasteiger partial charge in [-0.25, -0.2) is 4.79 Å².